The Morgan fingerprint density at radius 3 is 2.82 bits per heavy atom. The number of hydrogen-bond acceptors (Lipinski definition) is 3. The normalized spacial score (nSPS) is 29.8. The van der Waals surface area contributed by atoms with Crippen LogP contribution in [0.2, 0.25) is 0 Å². The fourth-order valence-electron chi connectivity index (χ4n) is 3.13. The maximum atomic E-state index is 11.3. The smallest absolute Gasteiger partial charge is 0.252 e. The van der Waals surface area contributed by atoms with Crippen molar-refractivity contribution < 1.29 is 4.79 Å². The lowest BCUT2D eigenvalue weighted by atomic mass is 9.43. The quantitative estimate of drug-likeness (QED) is 0.807. The van der Waals surface area contributed by atoms with Gasteiger partial charge >= 0.3 is 0 Å². The van der Waals surface area contributed by atoms with Crippen LogP contribution in [0.15, 0.2) is 12.4 Å². The maximum Gasteiger partial charge on any atom is 0.252 e. The molecule has 3 N–H and O–H groups in total. The molecule has 2 aromatic rings. The van der Waals surface area contributed by atoms with Crippen LogP contribution in [0.4, 0.5) is 0 Å². The van der Waals surface area contributed by atoms with Crippen LogP contribution in [0, 0.1) is 5.92 Å². The molecular weight excluding hydrogens is 216 g/mol. The highest BCUT2D eigenvalue weighted by Gasteiger charge is 2.58. The predicted octanol–water partition coefficient (Wildman–Crippen LogP) is 1.11. The molecule has 0 atom stereocenters. The first-order chi connectivity index (χ1) is 8.18. The number of amides is 1. The van der Waals surface area contributed by atoms with Crippen molar-refractivity contribution in [3.63, 3.8) is 0 Å². The van der Waals surface area contributed by atoms with Gasteiger partial charge in [-0.25, -0.2) is 9.97 Å². The van der Waals surface area contributed by atoms with Crippen LogP contribution in [-0.2, 0) is 5.41 Å². The van der Waals surface area contributed by atoms with Gasteiger partial charge in [0.25, 0.3) is 5.91 Å². The summed E-state index contributed by atoms with van der Waals surface area (Å²) in [5.74, 6) is 0.439. The topological polar surface area (TPSA) is 84.7 Å². The zero-order valence-electron chi connectivity index (χ0n) is 9.23. The predicted molar refractivity (Wildman–Crippen MR) is 61.4 cm³/mol. The number of nitrogens with one attached hydrogen (secondary N) is 1. The number of fused-ring (bicyclic) bond motifs is 1. The fourth-order valence-corrected chi connectivity index (χ4v) is 3.13. The molecule has 0 aliphatic heterocycles. The standard InChI is InChI=1S/C12H12N4O/c13-10(17)7-4-14-11-9(7)16-8(5-15-11)12-1-6(2-12)3-12/h4-6H,1-3H2,(H2,13,17)(H,14,15). The Morgan fingerprint density at radius 2 is 2.24 bits per heavy atom. The summed E-state index contributed by atoms with van der Waals surface area (Å²) in [6.45, 7) is 0. The third-order valence-corrected chi connectivity index (χ3v) is 4.23. The van der Waals surface area contributed by atoms with Crippen LogP contribution in [0.1, 0.15) is 35.3 Å². The van der Waals surface area contributed by atoms with E-state index in [0.29, 0.717) is 16.7 Å². The average molecular weight is 228 g/mol. The van der Waals surface area contributed by atoms with Crippen molar-refractivity contribution in [3.8, 4) is 0 Å². The Balaban J connectivity index is 1.89. The molecule has 0 aromatic carbocycles. The molecule has 3 aliphatic rings. The van der Waals surface area contributed by atoms with E-state index in [1.165, 1.54) is 19.3 Å². The molecular formula is C12H12N4O. The summed E-state index contributed by atoms with van der Waals surface area (Å²) < 4.78 is 0. The fraction of sp³-hybridized carbons (Fsp3) is 0.417. The minimum atomic E-state index is -0.458. The zero-order valence-corrected chi connectivity index (χ0v) is 9.23. The van der Waals surface area contributed by atoms with Gasteiger partial charge in [-0.05, 0) is 25.2 Å². The second kappa shape index (κ2) is 2.67. The van der Waals surface area contributed by atoms with Crippen LogP contribution in [0.5, 0.6) is 0 Å². The Morgan fingerprint density at radius 1 is 1.47 bits per heavy atom. The number of nitrogens with two attached hydrogens (primary N) is 1. The third kappa shape index (κ3) is 1.01. The Kier molecular flexibility index (Phi) is 1.44. The van der Waals surface area contributed by atoms with Gasteiger partial charge < -0.3 is 10.7 Å². The number of rotatable bonds is 2. The first kappa shape index (κ1) is 9.15. The monoisotopic (exact) mass is 228 g/mol. The largest absolute Gasteiger partial charge is 0.365 e. The molecule has 0 spiro atoms. The van der Waals surface area contributed by atoms with Crippen molar-refractivity contribution in [2.45, 2.75) is 24.7 Å². The molecule has 3 saturated carbocycles. The van der Waals surface area contributed by atoms with E-state index >= 15 is 0 Å². The molecule has 0 saturated heterocycles. The van der Waals surface area contributed by atoms with Crippen molar-refractivity contribution >= 4 is 17.1 Å². The van der Waals surface area contributed by atoms with Gasteiger partial charge in [0.15, 0.2) is 5.65 Å². The van der Waals surface area contributed by atoms with Gasteiger partial charge in [-0.1, -0.05) is 0 Å². The Labute approximate surface area is 97.4 Å². The van der Waals surface area contributed by atoms with E-state index in [-0.39, 0.29) is 5.41 Å². The van der Waals surface area contributed by atoms with Crippen LogP contribution in [0.3, 0.4) is 0 Å². The Bertz CT molecular complexity index is 628. The summed E-state index contributed by atoms with van der Waals surface area (Å²) in [6, 6.07) is 0. The summed E-state index contributed by atoms with van der Waals surface area (Å²) in [4.78, 5) is 23.1. The van der Waals surface area contributed by atoms with Crippen LogP contribution < -0.4 is 5.73 Å². The number of nitrogens with zero attached hydrogens (tertiary/aromatic N) is 2. The minimum absolute atomic E-state index is 0.262. The lowest BCUT2D eigenvalue weighted by Crippen LogP contribution is -2.55. The van der Waals surface area contributed by atoms with Gasteiger partial charge in [-0.2, -0.15) is 0 Å². The highest BCUT2D eigenvalue weighted by atomic mass is 16.1. The molecule has 17 heavy (non-hydrogen) atoms. The Hall–Kier alpha value is -1.91. The number of aromatic amines is 1. The van der Waals surface area contributed by atoms with Crippen molar-refractivity contribution in [2.75, 3.05) is 0 Å². The third-order valence-electron chi connectivity index (χ3n) is 4.23. The summed E-state index contributed by atoms with van der Waals surface area (Å²) in [6.07, 6.45) is 7.09. The summed E-state index contributed by atoms with van der Waals surface area (Å²) in [7, 11) is 0. The molecule has 0 radical (unpaired) electrons. The first-order valence-electron chi connectivity index (χ1n) is 5.82. The second-order valence-corrected chi connectivity index (χ2v) is 5.28. The molecule has 5 heteroatoms. The summed E-state index contributed by atoms with van der Waals surface area (Å²) in [5, 5.41) is 0. The van der Waals surface area contributed by atoms with E-state index in [4.69, 9.17) is 5.73 Å². The lowest BCUT2D eigenvalue weighted by molar-refractivity contribution is -0.0308. The van der Waals surface area contributed by atoms with Crippen molar-refractivity contribution in [2.24, 2.45) is 11.7 Å². The highest BCUT2D eigenvalue weighted by molar-refractivity contribution is 6.03. The number of H-pyrrole nitrogens is 1. The molecule has 3 fully saturated rings. The number of carbonyl (C=O) groups excluding carboxylic acids is 1. The molecule has 2 bridgehead atoms. The highest BCUT2D eigenvalue weighted by Crippen LogP contribution is 2.64. The van der Waals surface area contributed by atoms with E-state index in [2.05, 4.69) is 15.0 Å². The lowest BCUT2D eigenvalue weighted by Gasteiger charge is -2.61. The van der Waals surface area contributed by atoms with Crippen LogP contribution in [0.25, 0.3) is 11.2 Å². The van der Waals surface area contributed by atoms with E-state index < -0.39 is 5.91 Å². The SMILES string of the molecule is NC(=O)c1c[nH]c2ncc(C34CC(C3)C4)nc12. The van der Waals surface area contributed by atoms with Gasteiger partial charge in [0.05, 0.1) is 17.5 Å². The molecule has 1 amide bonds. The molecule has 5 nitrogen and oxygen atoms in total. The molecule has 2 heterocycles. The number of aromatic nitrogens is 3. The average Bonchev–Trinajstić information content (AvgIpc) is 2.55. The summed E-state index contributed by atoms with van der Waals surface area (Å²) in [5.41, 5.74) is 8.27. The maximum absolute atomic E-state index is 11.3. The van der Waals surface area contributed by atoms with E-state index in [1.807, 2.05) is 6.20 Å². The van der Waals surface area contributed by atoms with Crippen molar-refractivity contribution in [1.82, 2.24) is 15.0 Å². The zero-order chi connectivity index (χ0) is 11.6. The number of carbonyl (C=O) groups is 1. The van der Waals surface area contributed by atoms with E-state index in [1.54, 1.807) is 6.20 Å². The van der Waals surface area contributed by atoms with Crippen molar-refractivity contribution in [1.29, 1.82) is 0 Å². The van der Waals surface area contributed by atoms with Gasteiger partial charge in [0, 0.05) is 11.6 Å². The first-order valence-corrected chi connectivity index (χ1v) is 5.82. The minimum Gasteiger partial charge on any atom is -0.365 e. The van der Waals surface area contributed by atoms with E-state index in [0.717, 1.165) is 11.6 Å². The second-order valence-electron chi connectivity index (χ2n) is 5.28. The summed E-state index contributed by atoms with van der Waals surface area (Å²) >= 11 is 0. The molecule has 5 rings (SSSR count). The van der Waals surface area contributed by atoms with Crippen LogP contribution >= 0.6 is 0 Å². The molecule has 86 valence electrons. The molecule has 0 unspecified atom stereocenters. The molecule has 3 aliphatic carbocycles. The van der Waals surface area contributed by atoms with Gasteiger partial charge in [-0.3, -0.25) is 4.79 Å². The van der Waals surface area contributed by atoms with Crippen LogP contribution in [-0.4, -0.2) is 20.9 Å². The number of primary amides is 1. The number of hydrogen-bond donors (Lipinski definition) is 2. The van der Waals surface area contributed by atoms with Crippen molar-refractivity contribution in [3.05, 3.63) is 23.7 Å². The van der Waals surface area contributed by atoms with Gasteiger partial charge in [-0.15, -0.1) is 0 Å². The van der Waals surface area contributed by atoms with Gasteiger partial charge in [0.1, 0.15) is 5.52 Å². The molecule has 2 aromatic heterocycles. The van der Waals surface area contributed by atoms with E-state index in [9.17, 15) is 4.79 Å². The van der Waals surface area contributed by atoms with Gasteiger partial charge in [0.2, 0.25) is 0 Å².